The molecule has 0 fully saturated rings. The van der Waals surface area contributed by atoms with Crippen LogP contribution in [0.15, 0.2) is 47.1 Å². The highest BCUT2D eigenvalue weighted by Crippen LogP contribution is 2.27. The number of hydrogen-bond acceptors (Lipinski definition) is 4. The second kappa shape index (κ2) is 7.98. The normalized spacial score (nSPS) is 12.3. The number of halogens is 2. The van der Waals surface area contributed by atoms with Gasteiger partial charge in [-0.3, -0.25) is 14.2 Å². The quantitative estimate of drug-likeness (QED) is 0.664. The second-order valence-electron chi connectivity index (χ2n) is 5.97. The summed E-state index contributed by atoms with van der Waals surface area (Å²) in [6, 6.07) is 9.67. The van der Waals surface area contributed by atoms with Crippen molar-refractivity contribution in [1.29, 1.82) is 0 Å². The summed E-state index contributed by atoms with van der Waals surface area (Å²) in [6.07, 6.45) is 1.35. The lowest BCUT2D eigenvalue weighted by Crippen LogP contribution is -2.38. The third kappa shape index (κ3) is 4.13. The summed E-state index contributed by atoms with van der Waals surface area (Å²) in [5.74, 6) is -1.12. The van der Waals surface area contributed by atoms with Crippen LogP contribution in [-0.4, -0.2) is 34.5 Å². The Kier molecular flexibility index (Phi) is 5.49. The van der Waals surface area contributed by atoms with Crippen molar-refractivity contribution in [3.05, 3.63) is 54.2 Å². The number of nitrogens with zero attached hydrogens (tertiary/aromatic N) is 2. The van der Waals surface area contributed by atoms with E-state index in [4.69, 9.17) is 4.42 Å². The highest BCUT2D eigenvalue weighted by atomic mass is 19.3. The molecule has 0 bridgehead atoms. The van der Waals surface area contributed by atoms with Crippen LogP contribution in [0.2, 0.25) is 0 Å². The second-order valence-corrected chi connectivity index (χ2v) is 5.97. The van der Waals surface area contributed by atoms with Gasteiger partial charge in [-0.15, -0.1) is 0 Å². The van der Waals surface area contributed by atoms with Crippen molar-refractivity contribution in [2.45, 2.75) is 19.4 Å². The number of nitrogens with one attached hydrogen (secondary N) is 2. The Balaban J connectivity index is 1.60. The highest BCUT2D eigenvalue weighted by Gasteiger charge is 2.22. The Bertz CT molecular complexity index is 937. The van der Waals surface area contributed by atoms with E-state index in [1.807, 2.05) is 0 Å². The molecule has 2 aromatic heterocycles. The van der Waals surface area contributed by atoms with Crippen molar-refractivity contribution >= 4 is 22.8 Å². The predicted molar refractivity (Wildman–Crippen MR) is 93.5 cm³/mol. The van der Waals surface area contributed by atoms with Crippen molar-refractivity contribution in [1.82, 2.24) is 20.2 Å². The summed E-state index contributed by atoms with van der Waals surface area (Å²) in [5.41, 5.74) is 0.808. The maximum atomic E-state index is 13.5. The maximum Gasteiger partial charge on any atom is 0.320 e. The molecule has 9 heteroatoms. The van der Waals surface area contributed by atoms with Crippen LogP contribution >= 0.6 is 0 Å². The summed E-state index contributed by atoms with van der Waals surface area (Å²) in [7, 11) is 0. The van der Waals surface area contributed by atoms with Crippen molar-refractivity contribution in [3.63, 3.8) is 0 Å². The van der Waals surface area contributed by atoms with Crippen LogP contribution in [0.4, 0.5) is 8.78 Å². The lowest BCUT2D eigenvalue weighted by Gasteiger charge is -2.15. The molecule has 1 atom stereocenters. The summed E-state index contributed by atoms with van der Waals surface area (Å²) in [4.78, 5) is 27.9. The predicted octanol–water partition coefficient (Wildman–Crippen LogP) is 2.67. The molecule has 27 heavy (non-hydrogen) atoms. The summed E-state index contributed by atoms with van der Waals surface area (Å²) < 4.78 is 32.7. The molecule has 3 rings (SSSR count). The molecule has 3 aromatic rings. The largest absolute Gasteiger partial charge is 0.459 e. The number of furan rings is 1. The Morgan fingerprint density at radius 3 is 2.67 bits per heavy atom. The number of fused-ring (bicyclic) bond motifs is 1. The number of para-hydroxylation sites is 2. The zero-order chi connectivity index (χ0) is 19.4. The fraction of sp³-hybridized carbons (Fsp3) is 0.278. The van der Waals surface area contributed by atoms with E-state index in [1.54, 1.807) is 37.3 Å². The molecular weight excluding hydrogens is 358 g/mol. The van der Waals surface area contributed by atoms with E-state index in [1.165, 1.54) is 12.3 Å². The fourth-order valence-electron chi connectivity index (χ4n) is 2.69. The van der Waals surface area contributed by atoms with Gasteiger partial charge in [0.2, 0.25) is 5.91 Å². The van der Waals surface area contributed by atoms with Crippen molar-refractivity contribution in [2.75, 3.05) is 13.1 Å². The summed E-state index contributed by atoms with van der Waals surface area (Å²) in [5, 5.41) is 5.02. The number of aromatic nitrogens is 2. The molecule has 2 N–H and O–H groups in total. The van der Waals surface area contributed by atoms with Crippen LogP contribution in [0.25, 0.3) is 11.0 Å². The van der Waals surface area contributed by atoms with Gasteiger partial charge >= 0.3 is 6.55 Å². The first-order valence-electron chi connectivity index (χ1n) is 8.30. The van der Waals surface area contributed by atoms with Crippen molar-refractivity contribution in [3.8, 4) is 0 Å². The van der Waals surface area contributed by atoms with Gasteiger partial charge in [0.05, 0.1) is 23.8 Å². The third-order valence-electron chi connectivity index (χ3n) is 4.02. The average molecular weight is 376 g/mol. The first-order chi connectivity index (χ1) is 13.0. The van der Waals surface area contributed by atoms with Crippen molar-refractivity contribution in [2.24, 2.45) is 0 Å². The minimum atomic E-state index is -2.74. The van der Waals surface area contributed by atoms with Gasteiger partial charge in [0.15, 0.2) is 5.76 Å². The van der Waals surface area contributed by atoms with Gasteiger partial charge in [0.1, 0.15) is 5.82 Å². The van der Waals surface area contributed by atoms with Crippen LogP contribution in [-0.2, 0) is 4.79 Å². The molecule has 2 amide bonds. The molecule has 0 aliphatic carbocycles. The van der Waals surface area contributed by atoms with Gasteiger partial charge in [-0.05, 0) is 24.3 Å². The standard InChI is InChI=1S/C18H18F2N4O3/c1-11(9-21-15(25)10-22-17(26)14-7-4-8-27-14)16-23-12-5-2-3-6-13(12)24(16)18(19)20/h2-8,11,18H,9-10H2,1H3,(H,21,25)(H,22,26). The molecule has 0 radical (unpaired) electrons. The molecule has 0 saturated carbocycles. The molecule has 0 aliphatic rings. The molecular formula is C18H18F2N4O3. The van der Waals surface area contributed by atoms with E-state index in [-0.39, 0.29) is 24.7 Å². The molecule has 0 saturated heterocycles. The fourth-order valence-corrected chi connectivity index (χ4v) is 2.69. The monoisotopic (exact) mass is 376 g/mol. The van der Waals surface area contributed by atoms with E-state index in [9.17, 15) is 18.4 Å². The number of alkyl halides is 2. The number of rotatable bonds is 7. The van der Waals surface area contributed by atoms with Crippen LogP contribution in [0, 0.1) is 0 Å². The number of imidazole rings is 1. The van der Waals surface area contributed by atoms with E-state index in [0.29, 0.717) is 11.0 Å². The Morgan fingerprint density at radius 2 is 1.96 bits per heavy atom. The van der Waals surface area contributed by atoms with Crippen molar-refractivity contribution < 1.29 is 22.8 Å². The Hall–Kier alpha value is -3.23. The Labute approximate surface area is 153 Å². The van der Waals surface area contributed by atoms with Gasteiger partial charge < -0.3 is 15.1 Å². The van der Waals surface area contributed by atoms with Gasteiger partial charge in [-0.2, -0.15) is 8.78 Å². The number of benzene rings is 1. The zero-order valence-electron chi connectivity index (χ0n) is 14.5. The van der Waals surface area contributed by atoms with Crippen LogP contribution in [0.5, 0.6) is 0 Å². The topological polar surface area (TPSA) is 89.2 Å². The van der Waals surface area contributed by atoms with E-state index in [0.717, 1.165) is 4.57 Å². The van der Waals surface area contributed by atoms with Gasteiger partial charge in [-0.25, -0.2) is 4.98 Å². The number of hydrogen-bond donors (Lipinski definition) is 2. The van der Waals surface area contributed by atoms with Crippen LogP contribution < -0.4 is 10.6 Å². The minimum Gasteiger partial charge on any atom is -0.459 e. The smallest absolute Gasteiger partial charge is 0.320 e. The van der Waals surface area contributed by atoms with Gasteiger partial charge in [0, 0.05) is 12.5 Å². The SMILES string of the molecule is CC(CNC(=O)CNC(=O)c1ccco1)c1nc2ccccc2n1C(F)F. The van der Waals surface area contributed by atoms with E-state index < -0.39 is 24.3 Å². The molecule has 7 nitrogen and oxygen atoms in total. The minimum absolute atomic E-state index is 0.0989. The molecule has 0 spiro atoms. The lowest BCUT2D eigenvalue weighted by molar-refractivity contribution is -0.120. The van der Waals surface area contributed by atoms with Gasteiger partial charge in [-0.1, -0.05) is 19.1 Å². The average Bonchev–Trinajstić information content (AvgIpc) is 3.31. The zero-order valence-corrected chi connectivity index (χ0v) is 14.5. The first-order valence-corrected chi connectivity index (χ1v) is 8.30. The van der Waals surface area contributed by atoms with Crippen LogP contribution in [0.1, 0.15) is 35.8 Å². The highest BCUT2D eigenvalue weighted by molar-refractivity contribution is 5.94. The molecule has 1 unspecified atom stereocenters. The molecule has 2 heterocycles. The molecule has 142 valence electrons. The number of carbonyl (C=O) groups is 2. The van der Waals surface area contributed by atoms with E-state index >= 15 is 0 Å². The number of amides is 2. The summed E-state index contributed by atoms with van der Waals surface area (Å²) in [6.45, 7) is -1.19. The Morgan fingerprint density at radius 1 is 1.19 bits per heavy atom. The van der Waals surface area contributed by atoms with E-state index in [2.05, 4.69) is 15.6 Å². The number of carbonyl (C=O) groups excluding carboxylic acids is 2. The van der Waals surface area contributed by atoms with Crippen LogP contribution in [0.3, 0.4) is 0 Å². The van der Waals surface area contributed by atoms with Gasteiger partial charge in [0.25, 0.3) is 5.91 Å². The molecule has 0 aliphatic heterocycles. The lowest BCUT2D eigenvalue weighted by atomic mass is 10.1. The summed E-state index contributed by atoms with van der Waals surface area (Å²) >= 11 is 0. The maximum absolute atomic E-state index is 13.5. The first kappa shape index (κ1) is 18.6. The third-order valence-corrected chi connectivity index (χ3v) is 4.02. The molecule has 1 aromatic carbocycles.